The lowest BCUT2D eigenvalue weighted by Gasteiger charge is -2.21. The molecule has 1 N–H and O–H groups in total. The predicted octanol–water partition coefficient (Wildman–Crippen LogP) is 13.4. The first kappa shape index (κ1) is 28.7. The normalized spacial score (nSPS) is 12.9. The van der Waals surface area contributed by atoms with Crippen LogP contribution in [0.25, 0.3) is 77.6 Å². The van der Waals surface area contributed by atoms with Gasteiger partial charge in [-0.1, -0.05) is 97.1 Å². The van der Waals surface area contributed by atoms with Crippen LogP contribution < -0.4 is 5.32 Å². The number of aryl methyl sites for hydroxylation is 2. The van der Waals surface area contributed by atoms with Crippen molar-refractivity contribution >= 4 is 66.7 Å². The third-order valence-corrected chi connectivity index (χ3v) is 10.4. The third kappa shape index (κ3) is 4.66. The first-order chi connectivity index (χ1) is 24.7. The summed E-state index contributed by atoms with van der Waals surface area (Å²) < 4.78 is 12.6. The van der Waals surface area contributed by atoms with Crippen molar-refractivity contribution in [1.82, 2.24) is 0 Å². The number of para-hydroxylation sites is 2. The Morgan fingerprint density at radius 3 is 2.00 bits per heavy atom. The zero-order chi connectivity index (χ0) is 33.2. The van der Waals surface area contributed by atoms with Gasteiger partial charge in [0, 0.05) is 27.6 Å². The third-order valence-electron chi connectivity index (χ3n) is 10.4. The lowest BCUT2D eigenvalue weighted by atomic mass is 9.86. The summed E-state index contributed by atoms with van der Waals surface area (Å²) in [6, 6.07) is 51.9. The Kier molecular flexibility index (Phi) is 6.53. The van der Waals surface area contributed by atoms with Gasteiger partial charge in [0.1, 0.15) is 22.5 Å². The van der Waals surface area contributed by atoms with Crippen LogP contribution in [0, 0.1) is 6.92 Å². The van der Waals surface area contributed by atoms with Gasteiger partial charge in [0.05, 0.1) is 11.1 Å². The molecule has 2 aromatic heterocycles. The van der Waals surface area contributed by atoms with Gasteiger partial charge in [-0.05, 0) is 119 Å². The Balaban J connectivity index is 1.20. The molecule has 1 aliphatic rings. The van der Waals surface area contributed by atoms with Crippen molar-refractivity contribution in [1.29, 1.82) is 0 Å². The lowest BCUT2D eigenvalue weighted by molar-refractivity contribution is 0.596. The van der Waals surface area contributed by atoms with E-state index in [9.17, 15) is 0 Å². The van der Waals surface area contributed by atoms with E-state index in [-0.39, 0.29) is 0 Å². The Morgan fingerprint density at radius 2 is 1.18 bits per heavy atom. The Morgan fingerprint density at radius 1 is 0.500 bits per heavy atom. The molecule has 238 valence electrons. The molecule has 2 heterocycles. The maximum Gasteiger partial charge on any atom is 0.137 e. The van der Waals surface area contributed by atoms with E-state index in [1.54, 1.807) is 0 Å². The van der Waals surface area contributed by atoms with Crippen molar-refractivity contribution in [2.75, 3.05) is 5.32 Å². The zero-order valence-electron chi connectivity index (χ0n) is 27.7. The summed E-state index contributed by atoms with van der Waals surface area (Å²) in [5.74, 6) is 0.973. The molecule has 0 unspecified atom stereocenters. The molecule has 0 spiro atoms. The van der Waals surface area contributed by atoms with E-state index in [1.807, 2.05) is 24.3 Å². The second-order valence-corrected chi connectivity index (χ2v) is 13.3. The van der Waals surface area contributed by atoms with Gasteiger partial charge < -0.3 is 14.2 Å². The fourth-order valence-electron chi connectivity index (χ4n) is 7.87. The topological polar surface area (TPSA) is 38.3 Å². The molecular weight excluding hydrogens is 611 g/mol. The molecule has 1 aliphatic carbocycles. The molecule has 3 nitrogen and oxygen atoms in total. The summed E-state index contributed by atoms with van der Waals surface area (Å²) in [6.45, 7) is 2.20. The van der Waals surface area contributed by atoms with Gasteiger partial charge >= 0.3 is 0 Å². The molecule has 7 aromatic carbocycles. The molecule has 50 heavy (non-hydrogen) atoms. The molecule has 0 bridgehead atoms. The van der Waals surface area contributed by atoms with E-state index < -0.39 is 0 Å². The largest absolute Gasteiger partial charge is 0.456 e. The summed E-state index contributed by atoms with van der Waals surface area (Å²) in [7, 11) is 0. The van der Waals surface area contributed by atoms with Crippen LogP contribution in [0.2, 0.25) is 0 Å². The van der Waals surface area contributed by atoms with E-state index in [4.69, 9.17) is 8.83 Å². The molecule has 0 fully saturated rings. The average Bonchev–Trinajstić information content (AvgIpc) is 3.73. The molecule has 0 radical (unpaired) electrons. The summed E-state index contributed by atoms with van der Waals surface area (Å²) in [5, 5.41) is 9.74. The van der Waals surface area contributed by atoms with E-state index in [1.165, 1.54) is 55.1 Å². The van der Waals surface area contributed by atoms with Crippen LogP contribution in [0.1, 0.15) is 28.9 Å². The Bertz CT molecular complexity index is 2810. The van der Waals surface area contributed by atoms with Gasteiger partial charge in [-0.2, -0.15) is 0 Å². The smallest absolute Gasteiger partial charge is 0.137 e. The standard InChI is InChI=1S/C47H33NO2/c1-29-11-2-5-14-34(29)38-25-30-12-3-4-13-31(30)26-39(38)40-27-32(33-21-23-36-35-15-6-8-18-43(35)50-46(36)28-33)22-24-41(40)48-42-17-10-20-45-47(42)37-16-7-9-19-44(37)49-45/h2-20,22,24-28,48H,21,23H2,1H3. The fraction of sp³-hybridized carbons (Fsp3) is 0.0638. The molecule has 0 aliphatic heterocycles. The van der Waals surface area contributed by atoms with Crippen molar-refractivity contribution in [2.45, 2.75) is 19.8 Å². The van der Waals surface area contributed by atoms with E-state index >= 15 is 0 Å². The minimum absolute atomic E-state index is 0.870. The van der Waals surface area contributed by atoms with Crippen LogP contribution in [-0.4, -0.2) is 0 Å². The number of hydrogen-bond acceptors (Lipinski definition) is 3. The summed E-state index contributed by atoms with van der Waals surface area (Å²) >= 11 is 0. The van der Waals surface area contributed by atoms with Crippen LogP contribution >= 0.6 is 0 Å². The number of furan rings is 2. The number of allylic oxidation sites excluding steroid dienone is 1. The zero-order valence-corrected chi connectivity index (χ0v) is 27.7. The minimum atomic E-state index is 0.870. The van der Waals surface area contributed by atoms with Crippen molar-refractivity contribution in [3.05, 3.63) is 168 Å². The molecule has 10 rings (SSSR count). The molecule has 0 saturated carbocycles. The molecule has 3 heteroatoms. The molecule has 9 aromatic rings. The van der Waals surface area contributed by atoms with Crippen LogP contribution in [0.15, 0.2) is 154 Å². The number of benzene rings is 7. The highest BCUT2D eigenvalue weighted by molar-refractivity contribution is 6.12. The minimum Gasteiger partial charge on any atom is -0.456 e. The average molecular weight is 644 g/mol. The Labute approximate surface area is 290 Å². The molecular formula is C47H33NO2. The number of fused-ring (bicyclic) bond motifs is 7. The maximum atomic E-state index is 6.37. The van der Waals surface area contributed by atoms with Crippen LogP contribution in [0.4, 0.5) is 11.4 Å². The van der Waals surface area contributed by atoms with Crippen LogP contribution in [0.5, 0.6) is 0 Å². The highest BCUT2D eigenvalue weighted by atomic mass is 16.3. The van der Waals surface area contributed by atoms with E-state index in [0.717, 1.165) is 63.1 Å². The van der Waals surface area contributed by atoms with Gasteiger partial charge in [0.2, 0.25) is 0 Å². The van der Waals surface area contributed by atoms with Gasteiger partial charge in [-0.25, -0.2) is 0 Å². The van der Waals surface area contributed by atoms with Crippen molar-refractivity contribution in [3.8, 4) is 22.3 Å². The second kappa shape index (κ2) is 11.4. The first-order valence-electron chi connectivity index (χ1n) is 17.3. The summed E-state index contributed by atoms with van der Waals surface area (Å²) in [4.78, 5) is 0. The summed E-state index contributed by atoms with van der Waals surface area (Å²) in [6.07, 6.45) is 4.16. The monoisotopic (exact) mass is 643 g/mol. The van der Waals surface area contributed by atoms with Gasteiger partial charge in [-0.15, -0.1) is 0 Å². The van der Waals surface area contributed by atoms with Crippen LogP contribution in [-0.2, 0) is 6.42 Å². The predicted molar refractivity (Wildman–Crippen MR) is 209 cm³/mol. The highest BCUT2D eigenvalue weighted by Crippen LogP contribution is 2.45. The van der Waals surface area contributed by atoms with Gasteiger partial charge in [-0.3, -0.25) is 0 Å². The highest BCUT2D eigenvalue weighted by Gasteiger charge is 2.22. The number of anilines is 2. The van der Waals surface area contributed by atoms with Crippen molar-refractivity contribution in [3.63, 3.8) is 0 Å². The first-order valence-corrected chi connectivity index (χ1v) is 17.3. The molecule has 0 saturated heterocycles. The van der Waals surface area contributed by atoms with E-state index in [0.29, 0.717) is 0 Å². The van der Waals surface area contributed by atoms with Crippen molar-refractivity contribution in [2.24, 2.45) is 0 Å². The SMILES string of the molecule is Cc1ccccc1-c1cc2ccccc2cc1-c1cc(C2=Cc3oc4ccccc4c3CC2)ccc1Nc1cccc2oc3ccccc3c12. The lowest BCUT2D eigenvalue weighted by Crippen LogP contribution is -2.00. The van der Waals surface area contributed by atoms with E-state index in [2.05, 4.69) is 140 Å². The maximum absolute atomic E-state index is 6.37. The second-order valence-electron chi connectivity index (χ2n) is 13.3. The fourth-order valence-corrected chi connectivity index (χ4v) is 7.87. The van der Waals surface area contributed by atoms with Crippen LogP contribution in [0.3, 0.4) is 0 Å². The van der Waals surface area contributed by atoms with Gasteiger partial charge in [0.25, 0.3) is 0 Å². The Hall–Kier alpha value is -6.32. The summed E-state index contributed by atoms with van der Waals surface area (Å²) in [5.41, 5.74) is 14.6. The molecule has 0 amide bonds. The van der Waals surface area contributed by atoms with Gasteiger partial charge in [0.15, 0.2) is 0 Å². The van der Waals surface area contributed by atoms with Crippen molar-refractivity contribution < 1.29 is 8.83 Å². The molecule has 0 atom stereocenters. The quantitative estimate of drug-likeness (QED) is 0.203. The number of nitrogens with one attached hydrogen (secondary N) is 1. The number of hydrogen-bond donors (Lipinski definition) is 1. The number of rotatable bonds is 5.